The zero-order chi connectivity index (χ0) is 8.15. The second-order valence-corrected chi connectivity index (χ2v) is 2.11. The fourth-order valence-corrected chi connectivity index (χ4v) is 0.324. The minimum absolute atomic E-state index is 0.0741. The Hall–Kier alpha value is -1.06. The van der Waals surface area contributed by atoms with Crippen LogP contribution in [-0.4, -0.2) is 18.5 Å². The summed E-state index contributed by atoms with van der Waals surface area (Å²) in [6.07, 6.45) is 0. The Balaban J connectivity index is 3.49. The van der Waals surface area contributed by atoms with Gasteiger partial charge in [-0.1, -0.05) is 6.92 Å². The molecule has 0 aliphatic heterocycles. The van der Waals surface area contributed by atoms with Crippen LogP contribution in [0.3, 0.4) is 0 Å². The normalized spacial score (nSPS) is 12.2. The van der Waals surface area contributed by atoms with Crippen LogP contribution >= 0.6 is 0 Å². The van der Waals surface area contributed by atoms with Crippen molar-refractivity contribution in [1.29, 1.82) is 0 Å². The van der Waals surface area contributed by atoms with Gasteiger partial charge in [-0.05, 0) is 0 Å². The molecule has 2 N–H and O–H groups in total. The van der Waals surface area contributed by atoms with Gasteiger partial charge in [0.05, 0.1) is 5.92 Å². The van der Waals surface area contributed by atoms with Crippen molar-refractivity contribution in [3.63, 3.8) is 0 Å². The monoisotopic (exact) mass is 145 g/mol. The van der Waals surface area contributed by atoms with Crippen molar-refractivity contribution in [1.82, 2.24) is 0 Å². The molecule has 0 spiro atoms. The van der Waals surface area contributed by atoms with E-state index in [1.165, 1.54) is 6.92 Å². The second-order valence-electron chi connectivity index (χ2n) is 2.11. The van der Waals surface area contributed by atoms with E-state index in [1.807, 2.05) is 0 Å². The van der Waals surface area contributed by atoms with E-state index in [0.29, 0.717) is 0 Å². The van der Waals surface area contributed by atoms with Crippen LogP contribution < -0.4 is 5.73 Å². The standard InChI is InChI=1S/C6H11NO3/c1-4(6(7)9)3-10-5(2)8/h4H,3H2,1-2H3,(H2,7,9). The van der Waals surface area contributed by atoms with Crippen LogP contribution in [0.4, 0.5) is 0 Å². The molecular weight excluding hydrogens is 134 g/mol. The van der Waals surface area contributed by atoms with Crippen LogP contribution in [0.25, 0.3) is 0 Å². The first-order valence-electron chi connectivity index (χ1n) is 2.96. The van der Waals surface area contributed by atoms with E-state index in [0.717, 1.165) is 0 Å². The Morgan fingerprint density at radius 3 is 2.40 bits per heavy atom. The van der Waals surface area contributed by atoms with Gasteiger partial charge in [-0.2, -0.15) is 0 Å². The van der Waals surface area contributed by atoms with Crippen molar-refractivity contribution in [2.45, 2.75) is 13.8 Å². The summed E-state index contributed by atoms with van der Waals surface area (Å²) in [6, 6.07) is 0. The van der Waals surface area contributed by atoms with Gasteiger partial charge >= 0.3 is 5.97 Å². The highest BCUT2D eigenvalue weighted by atomic mass is 16.5. The third-order valence-corrected chi connectivity index (χ3v) is 1.02. The number of ether oxygens (including phenoxy) is 1. The van der Waals surface area contributed by atoms with Crippen molar-refractivity contribution >= 4 is 11.9 Å². The van der Waals surface area contributed by atoms with E-state index in [9.17, 15) is 9.59 Å². The molecule has 0 fully saturated rings. The molecule has 0 aliphatic rings. The van der Waals surface area contributed by atoms with E-state index in [-0.39, 0.29) is 6.61 Å². The molecule has 0 rings (SSSR count). The Labute approximate surface area is 59.3 Å². The molecule has 10 heavy (non-hydrogen) atoms. The number of esters is 1. The molecule has 0 aromatic heterocycles. The van der Waals surface area contributed by atoms with Crippen molar-refractivity contribution < 1.29 is 14.3 Å². The van der Waals surface area contributed by atoms with Crippen LogP contribution in [0.1, 0.15) is 13.8 Å². The van der Waals surface area contributed by atoms with Gasteiger partial charge < -0.3 is 10.5 Å². The Morgan fingerprint density at radius 2 is 2.10 bits per heavy atom. The molecule has 0 aromatic carbocycles. The molecule has 4 heteroatoms. The molecule has 1 atom stereocenters. The van der Waals surface area contributed by atoms with Crippen LogP contribution in [0.2, 0.25) is 0 Å². The lowest BCUT2D eigenvalue weighted by atomic mass is 10.2. The molecule has 1 amide bonds. The lowest BCUT2D eigenvalue weighted by Gasteiger charge is -2.05. The fraction of sp³-hybridized carbons (Fsp3) is 0.667. The van der Waals surface area contributed by atoms with Crippen molar-refractivity contribution in [2.75, 3.05) is 6.61 Å². The molecule has 0 aliphatic carbocycles. The maximum atomic E-state index is 10.3. The number of rotatable bonds is 3. The summed E-state index contributed by atoms with van der Waals surface area (Å²) in [6.45, 7) is 2.96. The minimum Gasteiger partial charge on any atom is -0.465 e. The second kappa shape index (κ2) is 3.87. The van der Waals surface area contributed by atoms with Gasteiger partial charge in [-0.25, -0.2) is 0 Å². The lowest BCUT2D eigenvalue weighted by Crippen LogP contribution is -2.25. The average molecular weight is 145 g/mol. The maximum Gasteiger partial charge on any atom is 0.302 e. The number of carbonyl (C=O) groups is 2. The number of nitrogens with two attached hydrogens (primary N) is 1. The van der Waals surface area contributed by atoms with Gasteiger partial charge in [0, 0.05) is 6.92 Å². The van der Waals surface area contributed by atoms with Crippen molar-refractivity contribution in [3.8, 4) is 0 Å². The lowest BCUT2D eigenvalue weighted by molar-refractivity contribution is -0.143. The average Bonchev–Trinajstić information content (AvgIpc) is 1.82. The number of amides is 1. The quantitative estimate of drug-likeness (QED) is 0.553. The first kappa shape index (κ1) is 8.94. The number of carbonyl (C=O) groups excluding carboxylic acids is 2. The molecule has 4 nitrogen and oxygen atoms in total. The smallest absolute Gasteiger partial charge is 0.302 e. The van der Waals surface area contributed by atoms with Crippen LogP contribution in [0, 0.1) is 5.92 Å². The van der Waals surface area contributed by atoms with E-state index in [4.69, 9.17) is 5.73 Å². The van der Waals surface area contributed by atoms with Crippen LogP contribution in [0.15, 0.2) is 0 Å². The summed E-state index contributed by atoms with van der Waals surface area (Å²) < 4.78 is 4.53. The van der Waals surface area contributed by atoms with Gasteiger partial charge in [0.15, 0.2) is 0 Å². The Kier molecular flexibility index (Phi) is 3.46. The maximum absolute atomic E-state index is 10.3. The third-order valence-electron chi connectivity index (χ3n) is 1.02. The van der Waals surface area contributed by atoms with E-state index in [1.54, 1.807) is 6.92 Å². The Bertz CT molecular complexity index is 144. The molecule has 0 radical (unpaired) electrons. The summed E-state index contributed by atoms with van der Waals surface area (Å²) in [5.41, 5.74) is 4.89. The largest absolute Gasteiger partial charge is 0.465 e. The van der Waals surface area contributed by atoms with Crippen LogP contribution in [-0.2, 0) is 14.3 Å². The van der Waals surface area contributed by atoms with Gasteiger partial charge in [0.1, 0.15) is 6.61 Å². The summed E-state index contributed by atoms with van der Waals surface area (Å²) in [5, 5.41) is 0. The van der Waals surface area contributed by atoms with Gasteiger partial charge in [-0.3, -0.25) is 9.59 Å². The van der Waals surface area contributed by atoms with Gasteiger partial charge in [0.2, 0.25) is 5.91 Å². The zero-order valence-corrected chi connectivity index (χ0v) is 6.09. The van der Waals surface area contributed by atoms with Gasteiger partial charge in [-0.15, -0.1) is 0 Å². The SMILES string of the molecule is CC(=O)OCC(C)C(N)=O. The summed E-state index contributed by atoms with van der Waals surface area (Å²) in [5.74, 6) is -1.25. The molecule has 0 bridgehead atoms. The first-order chi connectivity index (χ1) is 4.54. The molecule has 1 unspecified atom stereocenters. The molecule has 0 saturated heterocycles. The van der Waals surface area contributed by atoms with Crippen LogP contribution in [0.5, 0.6) is 0 Å². The van der Waals surface area contributed by atoms with Crippen molar-refractivity contribution in [3.05, 3.63) is 0 Å². The predicted molar refractivity (Wildman–Crippen MR) is 35.0 cm³/mol. The predicted octanol–water partition coefficient (Wildman–Crippen LogP) is -0.329. The van der Waals surface area contributed by atoms with E-state index in [2.05, 4.69) is 4.74 Å². The third kappa shape index (κ3) is 3.88. The fourth-order valence-electron chi connectivity index (χ4n) is 0.324. The number of hydrogen-bond acceptors (Lipinski definition) is 3. The number of primary amides is 1. The highest BCUT2D eigenvalue weighted by Crippen LogP contribution is 1.93. The number of hydrogen-bond donors (Lipinski definition) is 1. The van der Waals surface area contributed by atoms with Gasteiger partial charge in [0.25, 0.3) is 0 Å². The topological polar surface area (TPSA) is 69.4 Å². The molecule has 0 aromatic rings. The van der Waals surface area contributed by atoms with Crippen molar-refractivity contribution in [2.24, 2.45) is 11.7 Å². The summed E-state index contributed by atoms with van der Waals surface area (Å²) >= 11 is 0. The zero-order valence-electron chi connectivity index (χ0n) is 6.09. The molecular formula is C6H11NO3. The highest BCUT2D eigenvalue weighted by Gasteiger charge is 2.09. The van der Waals surface area contributed by atoms with E-state index >= 15 is 0 Å². The summed E-state index contributed by atoms with van der Waals surface area (Å²) in [4.78, 5) is 20.5. The molecule has 0 heterocycles. The highest BCUT2D eigenvalue weighted by molar-refractivity contribution is 5.76. The molecule has 0 saturated carbocycles. The summed E-state index contributed by atoms with van der Waals surface area (Å²) in [7, 11) is 0. The minimum atomic E-state index is -0.457. The van der Waals surface area contributed by atoms with E-state index < -0.39 is 17.8 Å². The Morgan fingerprint density at radius 1 is 1.60 bits per heavy atom. The molecule has 58 valence electrons. The first-order valence-corrected chi connectivity index (χ1v) is 2.96.